The van der Waals surface area contributed by atoms with E-state index in [1.165, 1.54) is 12.1 Å². The van der Waals surface area contributed by atoms with E-state index in [9.17, 15) is 31.2 Å². The quantitative estimate of drug-likeness (QED) is 0.407. The van der Waals surface area contributed by atoms with Crippen LogP contribution in [0.1, 0.15) is 46.9 Å². The van der Waals surface area contributed by atoms with Gasteiger partial charge in [-0.1, -0.05) is 38.1 Å². The summed E-state index contributed by atoms with van der Waals surface area (Å²) in [5.41, 5.74) is 0.631. The van der Waals surface area contributed by atoms with Crippen LogP contribution in [-0.4, -0.2) is 65.6 Å². The Hall–Kier alpha value is -4.04. The van der Waals surface area contributed by atoms with Crippen LogP contribution in [0.2, 0.25) is 0 Å². The SMILES string of the molecule is CC(C)c1ccc(CNC(=O)[C@H]2CN(c3ccc(C(=O)O)nn3)CCN2S(=O)(=O)c2ccc(C(F)(F)F)cc2)cc1. The van der Waals surface area contributed by atoms with Gasteiger partial charge in [0, 0.05) is 26.2 Å². The van der Waals surface area contributed by atoms with E-state index in [1.807, 2.05) is 24.3 Å². The molecule has 4 rings (SSSR count). The van der Waals surface area contributed by atoms with Gasteiger partial charge in [0.05, 0.1) is 10.5 Å². The topological polar surface area (TPSA) is 133 Å². The average Bonchev–Trinajstić information content (AvgIpc) is 2.95. The summed E-state index contributed by atoms with van der Waals surface area (Å²) in [5, 5.41) is 19.4. The highest BCUT2D eigenvalue weighted by atomic mass is 32.2. The zero-order valence-corrected chi connectivity index (χ0v) is 23.0. The second-order valence-electron chi connectivity index (χ2n) is 9.80. The normalized spacial score (nSPS) is 16.5. The van der Waals surface area contributed by atoms with Gasteiger partial charge in [-0.25, -0.2) is 13.2 Å². The maximum Gasteiger partial charge on any atom is 0.416 e. The molecule has 2 heterocycles. The van der Waals surface area contributed by atoms with Crippen LogP contribution in [0.5, 0.6) is 0 Å². The maximum atomic E-state index is 13.6. The van der Waals surface area contributed by atoms with Crippen molar-refractivity contribution in [1.82, 2.24) is 19.8 Å². The molecule has 0 spiro atoms. The molecule has 218 valence electrons. The van der Waals surface area contributed by atoms with Gasteiger partial charge in [0.25, 0.3) is 0 Å². The van der Waals surface area contributed by atoms with E-state index in [-0.39, 0.29) is 42.6 Å². The number of anilines is 1. The number of carboxylic acid groups (broad SMARTS) is 1. The minimum atomic E-state index is -4.64. The fourth-order valence-electron chi connectivity index (χ4n) is 4.36. The number of benzene rings is 2. The van der Waals surface area contributed by atoms with Crippen molar-refractivity contribution in [3.8, 4) is 0 Å². The second kappa shape index (κ2) is 11.8. The lowest BCUT2D eigenvalue weighted by Gasteiger charge is -2.40. The molecule has 1 aromatic heterocycles. The number of nitrogens with one attached hydrogen (secondary N) is 1. The smallest absolute Gasteiger partial charge is 0.416 e. The maximum absolute atomic E-state index is 13.6. The second-order valence-corrected chi connectivity index (χ2v) is 11.7. The van der Waals surface area contributed by atoms with Crippen molar-refractivity contribution in [2.75, 3.05) is 24.5 Å². The minimum Gasteiger partial charge on any atom is -0.476 e. The van der Waals surface area contributed by atoms with E-state index in [4.69, 9.17) is 5.11 Å². The molecule has 0 radical (unpaired) electrons. The molecular formula is C27H28F3N5O5S. The summed E-state index contributed by atoms with van der Waals surface area (Å²) in [6.45, 7) is 3.95. The first kappa shape index (κ1) is 29.9. The van der Waals surface area contributed by atoms with Crippen LogP contribution >= 0.6 is 0 Å². The average molecular weight is 592 g/mol. The number of aromatic carboxylic acids is 1. The van der Waals surface area contributed by atoms with E-state index in [0.717, 1.165) is 27.6 Å². The summed E-state index contributed by atoms with van der Waals surface area (Å²) in [6, 6.07) is 12.1. The lowest BCUT2D eigenvalue weighted by molar-refractivity contribution is -0.137. The molecule has 10 nitrogen and oxygen atoms in total. The molecule has 14 heteroatoms. The Balaban J connectivity index is 1.60. The number of halogens is 3. The van der Waals surface area contributed by atoms with Crippen molar-refractivity contribution in [3.05, 3.63) is 83.0 Å². The third kappa shape index (κ3) is 6.82. The van der Waals surface area contributed by atoms with Gasteiger partial charge in [-0.3, -0.25) is 4.79 Å². The molecule has 1 fully saturated rings. The van der Waals surface area contributed by atoms with Crippen LogP contribution in [0.4, 0.5) is 19.0 Å². The summed E-state index contributed by atoms with van der Waals surface area (Å²) in [7, 11) is -4.38. The molecule has 1 atom stereocenters. The minimum absolute atomic E-state index is 0.0708. The zero-order chi connectivity index (χ0) is 29.9. The summed E-state index contributed by atoms with van der Waals surface area (Å²) < 4.78 is 67.2. The van der Waals surface area contributed by atoms with Gasteiger partial charge in [0.2, 0.25) is 15.9 Å². The number of carbonyl (C=O) groups is 2. The Morgan fingerprint density at radius 2 is 1.66 bits per heavy atom. The Labute approximate surface area is 234 Å². The number of hydrogen-bond donors (Lipinski definition) is 2. The first-order valence-corrected chi connectivity index (χ1v) is 14.1. The highest BCUT2D eigenvalue weighted by Crippen LogP contribution is 2.31. The number of rotatable bonds is 8. The number of aromatic nitrogens is 2. The van der Waals surface area contributed by atoms with Crippen LogP contribution in [0.25, 0.3) is 0 Å². The Kier molecular flexibility index (Phi) is 8.63. The molecule has 0 bridgehead atoms. The van der Waals surface area contributed by atoms with Crippen molar-refractivity contribution in [1.29, 1.82) is 0 Å². The van der Waals surface area contributed by atoms with Crippen LogP contribution < -0.4 is 10.2 Å². The fourth-order valence-corrected chi connectivity index (χ4v) is 5.93. The molecule has 1 aliphatic rings. The number of nitrogens with zero attached hydrogens (tertiary/aromatic N) is 4. The van der Waals surface area contributed by atoms with Crippen molar-refractivity contribution < 1.29 is 36.3 Å². The molecule has 41 heavy (non-hydrogen) atoms. The van der Waals surface area contributed by atoms with Gasteiger partial charge in [-0.2, -0.15) is 17.5 Å². The van der Waals surface area contributed by atoms with Crippen molar-refractivity contribution in [2.24, 2.45) is 0 Å². The van der Waals surface area contributed by atoms with Gasteiger partial charge >= 0.3 is 12.1 Å². The largest absolute Gasteiger partial charge is 0.476 e. The summed E-state index contributed by atoms with van der Waals surface area (Å²) >= 11 is 0. The standard InChI is InChI=1S/C27H28F3N5O5S/c1-17(2)19-5-3-18(4-6-19)15-31-25(36)23-16-34(24-12-11-22(26(37)38)32-33-24)13-14-35(23)41(39,40)21-9-7-20(8-10-21)27(28,29)30/h3-12,17,23H,13-16H2,1-2H3,(H,31,36)(H,37,38)/t23-/m1/s1. The van der Waals surface area contributed by atoms with Gasteiger partial charge in [0.1, 0.15) is 6.04 Å². The number of carboxylic acids is 1. The van der Waals surface area contributed by atoms with E-state index >= 15 is 0 Å². The first-order valence-electron chi connectivity index (χ1n) is 12.6. The number of alkyl halides is 3. The van der Waals surface area contributed by atoms with E-state index in [1.54, 1.807) is 4.90 Å². The summed E-state index contributed by atoms with van der Waals surface area (Å²) in [4.78, 5) is 25.8. The predicted octanol–water partition coefficient (Wildman–Crippen LogP) is 3.51. The van der Waals surface area contributed by atoms with Crippen LogP contribution in [-0.2, 0) is 27.5 Å². The van der Waals surface area contributed by atoms with Crippen molar-refractivity contribution in [2.45, 2.75) is 43.4 Å². The van der Waals surface area contributed by atoms with E-state index < -0.39 is 39.7 Å². The predicted molar refractivity (Wildman–Crippen MR) is 143 cm³/mol. The summed E-state index contributed by atoms with van der Waals surface area (Å²) in [5.74, 6) is -1.32. The van der Waals surface area contributed by atoms with Gasteiger partial charge in [-0.05, 0) is 53.4 Å². The molecule has 2 aromatic carbocycles. The Morgan fingerprint density at radius 1 is 1.00 bits per heavy atom. The summed E-state index contributed by atoms with van der Waals surface area (Å²) in [6.07, 6.45) is -4.64. The fraction of sp³-hybridized carbons (Fsp3) is 0.333. The van der Waals surface area contributed by atoms with E-state index in [0.29, 0.717) is 18.1 Å². The Morgan fingerprint density at radius 3 is 2.20 bits per heavy atom. The highest BCUT2D eigenvalue weighted by molar-refractivity contribution is 7.89. The van der Waals surface area contributed by atoms with Crippen LogP contribution in [0.15, 0.2) is 65.6 Å². The van der Waals surface area contributed by atoms with Gasteiger partial charge in [0.15, 0.2) is 11.5 Å². The number of piperazine rings is 1. The highest BCUT2D eigenvalue weighted by Gasteiger charge is 2.41. The van der Waals surface area contributed by atoms with E-state index in [2.05, 4.69) is 29.4 Å². The van der Waals surface area contributed by atoms with Gasteiger partial charge in [-0.15, -0.1) is 10.2 Å². The third-order valence-corrected chi connectivity index (χ3v) is 8.65. The van der Waals surface area contributed by atoms with Crippen molar-refractivity contribution in [3.63, 3.8) is 0 Å². The zero-order valence-electron chi connectivity index (χ0n) is 22.2. The van der Waals surface area contributed by atoms with Crippen LogP contribution in [0.3, 0.4) is 0 Å². The molecule has 3 aromatic rings. The number of amides is 1. The number of hydrogen-bond acceptors (Lipinski definition) is 7. The first-order chi connectivity index (χ1) is 19.3. The molecule has 1 amide bonds. The molecule has 0 saturated carbocycles. The molecule has 1 aliphatic heterocycles. The van der Waals surface area contributed by atoms with Gasteiger partial charge < -0.3 is 15.3 Å². The molecule has 0 unspecified atom stereocenters. The molecule has 2 N–H and O–H groups in total. The van der Waals surface area contributed by atoms with Crippen molar-refractivity contribution >= 4 is 27.7 Å². The molecular weight excluding hydrogens is 563 g/mol. The molecule has 1 saturated heterocycles. The number of sulfonamides is 1. The molecule has 0 aliphatic carbocycles. The Bertz CT molecular complexity index is 1500. The lowest BCUT2D eigenvalue weighted by atomic mass is 10.0. The third-order valence-electron chi connectivity index (χ3n) is 6.73. The van der Waals surface area contributed by atoms with Crippen LogP contribution in [0, 0.1) is 0 Å². The monoisotopic (exact) mass is 591 g/mol. The lowest BCUT2D eigenvalue weighted by Crippen LogP contribution is -2.60. The number of carbonyl (C=O) groups excluding carboxylic acids is 1.